The summed E-state index contributed by atoms with van der Waals surface area (Å²) in [4.78, 5) is 36.4. The molecule has 0 unspecified atom stereocenters. The summed E-state index contributed by atoms with van der Waals surface area (Å²) in [6.45, 7) is 4.47. The lowest BCUT2D eigenvalue weighted by Crippen LogP contribution is -2.48. The van der Waals surface area contributed by atoms with Crippen LogP contribution in [0.5, 0.6) is 0 Å². The van der Waals surface area contributed by atoms with Crippen LogP contribution in [0.4, 0.5) is 17.2 Å². The van der Waals surface area contributed by atoms with Crippen LogP contribution in [0.3, 0.4) is 0 Å². The van der Waals surface area contributed by atoms with Gasteiger partial charge in [0.25, 0.3) is 5.91 Å². The monoisotopic (exact) mass is 409 g/mol. The van der Waals surface area contributed by atoms with Crippen LogP contribution in [-0.2, 0) is 4.79 Å². The number of nitrogens with two attached hydrogens (primary N) is 2. The molecule has 1 saturated heterocycles. The predicted molar refractivity (Wildman–Crippen MR) is 116 cm³/mol. The number of piperazine rings is 1. The van der Waals surface area contributed by atoms with Crippen molar-refractivity contribution in [2.45, 2.75) is 32.2 Å². The molecule has 2 heterocycles. The van der Waals surface area contributed by atoms with E-state index in [2.05, 4.69) is 20.2 Å². The van der Waals surface area contributed by atoms with Crippen LogP contribution in [0.25, 0.3) is 11.4 Å². The fraction of sp³-hybridized carbons (Fsp3) is 0.429. The van der Waals surface area contributed by atoms with Gasteiger partial charge >= 0.3 is 0 Å². The molecule has 1 aromatic carbocycles. The summed E-state index contributed by atoms with van der Waals surface area (Å²) in [5, 5.41) is 3.31. The van der Waals surface area contributed by atoms with Crippen molar-refractivity contribution in [3.05, 3.63) is 30.0 Å². The fourth-order valence-corrected chi connectivity index (χ4v) is 3.76. The zero-order valence-corrected chi connectivity index (χ0v) is 17.1. The zero-order valence-electron chi connectivity index (χ0n) is 17.1. The van der Waals surface area contributed by atoms with Crippen LogP contribution < -0.4 is 21.7 Å². The average Bonchev–Trinajstić information content (AvgIpc) is 2.71. The first-order chi connectivity index (χ1) is 14.4. The molecule has 0 bridgehead atoms. The van der Waals surface area contributed by atoms with Crippen LogP contribution in [0.15, 0.2) is 24.4 Å². The lowest BCUT2D eigenvalue weighted by molar-refractivity contribution is -0.129. The van der Waals surface area contributed by atoms with Crippen molar-refractivity contribution in [3.8, 4) is 11.4 Å². The maximum Gasteiger partial charge on any atom is 0.254 e. The molecule has 0 radical (unpaired) electrons. The molecule has 2 aliphatic rings. The number of primary amides is 1. The Morgan fingerprint density at radius 2 is 1.90 bits per heavy atom. The van der Waals surface area contributed by atoms with Gasteiger partial charge in [0.15, 0.2) is 5.82 Å². The smallest absolute Gasteiger partial charge is 0.254 e. The number of nitrogens with one attached hydrogen (secondary N) is 1. The third-order valence-corrected chi connectivity index (χ3v) is 5.87. The van der Waals surface area contributed by atoms with Crippen molar-refractivity contribution in [1.29, 1.82) is 0 Å². The number of hydrogen-bond donors (Lipinski definition) is 3. The molecule has 1 aliphatic heterocycles. The highest BCUT2D eigenvalue weighted by Gasteiger charge is 2.23. The normalized spacial score (nSPS) is 16.8. The predicted octanol–water partition coefficient (Wildman–Crippen LogP) is 1.46. The largest absolute Gasteiger partial charge is 0.398 e. The van der Waals surface area contributed by atoms with E-state index in [0.29, 0.717) is 42.0 Å². The van der Waals surface area contributed by atoms with Crippen LogP contribution in [0.1, 0.15) is 36.5 Å². The molecule has 30 heavy (non-hydrogen) atoms. The van der Waals surface area contributed by atoms with Gasteiger partial charge < -0.3 is 26.6 Å². The molecule has 2 fully saturated rings. The number of benzene rings is 1. The van der Waals surface area contributed by atoms with Gasteiger partial charge in [0.1, 0.15) is 5.82 Å². The molecular weight excluding hydrogens is 382 g/mol. The van der Waals surface area contributed by atoms with E-state index >= 15 is 0 Å². The maximum absolute atomic E-state index is 11.8. The molecular formula is C21H27N7O2. The number of carbonyl (C=O) groups is 2. The molecule has 4 rings (SSSR count). The molecule has 1 saturated carbocycles. The fourth-order valence-electron chi connectivity index (χ4n) is 3.76. The summed E-state index contributed by atoms with van der Waals surface area (Å²) < 4.78 is 0. The van der Waals surface area contributed by atoms with E-state index in [4.69, 9.17) is 11.5 Å². The summed E-state index contributed by atoms with van der Waals surface area (Å²) in [5.41, 5.74) is 14.3. The molecule has 0 atom stereocenters. The second kappa shape index (κ2) is 8.17. The van der Waals surface area contributed by atoms with Gasteiger partial charge in [-0.2, -0.15) is 0 Å². The molecule has 9 heteroatoms. The highest BCUT2D eigenvalue weighted by Crippen LogP contribution is 2.31. The Morgan fingerprint density at radius 1 is 1.17 bits per heavy atom. The van der Waals surface area contributed by atoms with E-state index in [1.807, 2.05) is 23.1 Å². The van der Waals surface area contributed by atoms with Crippen molar-refractivity contribution in [2.24, 2.45) is 5.73 Å². The molecule has 0 spiro atoms. The molecule has 1 aliphatic carbocycles. The number of amides is 2. The number of nitrogens with zero attached hydrogens (tertiary/aromatic N) is 4. The van der Waals surface area contributed by atoms with Gasteiger partial charge in [-0.05, 0) is 37.5 Å². The van der Waals surface area contributed by atoms with Crippen molar-refractivity contribution in [3.63, 3.8) is 0 Å². The van der Waals surface area contributed by atoms with E-state index in [1.165, 1.54) is 6.20 Å². The highest BCUT2D eigenvalue weighted by molar-refractivity contribution is 5.97. The maximum atomic E-state index is 11.8. The quantitative estimate of drug-likeness (QED) is 0.637. The topological polar surface area (TPSA) is 130 Å². The second-order valence-electron chi connectivity index (χ2n) is 7.86. The first-order valence-corrected chi connectivity index (χ1v) is 10.3. The lowest BCUT2D eigenvalue weighted by Gasteiger charge is -2.35. The Kier molecular flexibility index (Phi) is 5.43. The Bertz CT molecular complexity index is 966. The van der Waals surface area contributed by atoms with Gasteiger partial charge in [-0.15, -0.1) is 0 Å². The molecule has 2 amide bonds. The van der Waals surface area contributed by atoms with E-state index < -0.39 is 5.91 Å². The summed E-state index contributed by atoms with van der Waals surface area (Å²) in [5.74, 6) is 0.441. The number of hydrogen-bond acceptors (Lipinski definition) is 7. The Labute approximate surface area is 175 Å². The molecule has 1 aromatic heterocycles. The minimum Gasteiger partial charge on any atom is -0.398 e. The van der Waals surface area contributed by atoms with Crippen molar-refractivity contribution < 1.29 is 9.59 Å². The average molecular weight is 409 g/mol. The Balaban J connectivity index is 1.62. The van der Waals surface area contributed by atoms with Crippen molar-refractivity contribution >= 4 is 29.0 Å². The van der Waals surface area contributed by atoms with E-state index in [-0.39, 0.29) is 11.5 Å². The summed E-state index contributed by atoms with van der Waals surface area (Å²) in [6, 6.07) is 6.07. The zero-order chi connectivity index (χ0) is 21.3. The molecule has 2 aromatic rings. The van der Waals surface area contributed by atoms with Gasteiger partial charge in [0.2, 0.25) is 5.91 Å². The lowest BCUT2D eigenvalue weighted by atomic mass is 9.93. The van der Waals surface area contributed by atoms with Gasteiger partial charge in [0, 0.05) is 62.3 Å². The first-order valence-electron chi connectivity index (χ1n) is 10.3. The minimum absolute atomic E-state index is 0.0991. The Morgan fingerprint density at radius 3 is 2.50 bits per heavy atom. The van der Waals surface area contributed by atoms with Gasteiger partial charge in [-0.3, -0.25) is 9.59 Å². The van der Waals surface area contributed by atoms with Gasteiger partial charge in [0.05, 0.1) is 5.56 Å². The summed E-state index contributed by atoms with van der Waals surface area (Å²) in [7, 11) is 0. The standard InChI is InChI=1S/C21H27N7O2/c1-13(29)27-7-9-28(10-8-27)15-5-6-18(22)16(11-15)20-24-12-17(19(23)30)21(26-20)25-14-3-2-4-14/h5-6,11-12,14H,2-4,7-10,22H2,1H3,(H2,23,30)(H,24,25,26). The molecule has 158 valence electrons. The first kappa shape index (κ1) is 19.9. The van der Waals surface area contributed by atoms with Crippen LogP contribution in [-0.4, -0.2) is 58.9 Å². The highest BCUT2D eigenvalue weighted by atomic mass is 16.2. The number of anilines is 3. The minimum atomic E-state index is -0.562. The summed E-state index contributed by atoms with van der Waals surface area (Å²) in [6.07, 6.45) is 4.71. The summed E-state index contributed by atoms with van der Waals surface area (Å²) >= 11 is 0. The van der Waals surface area contributed by atoms with Crippen molar-refractivity contribution in [2.75, 3.05) is 42.1 Å². The number of rotatable bonds is 5. The Hall–Kier alpha value is -3.36. The van der Waals surface area contributed by atoms with E-state index in [9.17, 15) is 9.59 Å². The van der Waals surface area contributed by atoms with Crippen LogP contribution in [0.2, 0.25) is 0 Å². The van der Waals surface area contributed by atoms with Gasteiger partial charge in [-0.25, -0.2) is 9.97 Å². The van der Waals surface area contributed by atoms with E-state index in [0.717, 1.165) is 38.0 Å². The third-order valence-electron chi connectivity index (χ3n) is 5.87. The number of nitrogen functional groups attached to an aromatic ring is 1. The van der Waals surface area contributed by atoms with Gasteiger partial charge in [-0.1, -0.05) is 0 Å². The SMILES string of the molecule is CC(=O)N1CCN(c2ccc(N)c(-c3ncc(C(N)=O)c(NC4CCC4)n3)c2)CC1. The van der Waals surface area contributed by atoms with Crippen LogP contribution >= 0.6 is 0 Å². The third kappa shape index (κ3) is 4.00. The molecule has 5 N–H and O–H groups in total. The van der Waals surface area contributed by atoms with Crippen molar-refractivity contribution in [1.82, 2.24) is 14.9 Å². The number of carbonyl (C=O) groups excluding carboxylic acids is 2. The van der Waals surface area contributed by atoms with Crippen LogP contribution in [0, 0.1) is 0 Å². The van der Waals surface area contributed by atoms with E-state index in [1.54, 1.807) is 6.92 Å². The number of aromatic nitrogens is 2. The molecule has 9 nitrogen and oxygen atoms in total. The second-order valence-corrected chi connectivity index (χ2v) is 7.86.